The van der Waals surface area contributed by atoms with E-state index in [0.717, 1.165) is 11.3 Å². The molecule has 0 aliphatic carbocycles. The zero-order valence-corrected chi connectivity index (χ0v) is 9.16. The zero-order chi connectivity index (χ0) is 11.0. The van der Waals surface area contributed by atoms with Crippen molar-refractivity contribution in [3.05, 3.63) is 35.1 Å². The zero-order valence-electron chi connectivity index (χ0n) is 9.16. The maximum atomic E-state index is 5.79. The van der Waals surface area contributed by atoms with E-state index in [1.165, 1.54) is 23.0 Å². The molecule has 3 nitrogen and oxygen atoms in total. The van der Waals surface area contributed by atoms with Crippen LogP contribution >= 0.6 is 0 Å². The monoisotopic (exact) mass is 202 g/mol. The Labute approximate surface area is 88.9 Å². The highest BCUT2D eigenvalue weighted by Crippen LogP contribution is 2.30. The molecule has 1 aromatic carbocycles. The van der Waals surface area contributed by atoms with Gasteiger partial charge in [0.15, 0.2) is 0 Å². The minimum Gasteiger partial charge on any atom is -0.394 e. The summed E-state index contributed by atoms with van der Waals surface area (Å²) >= 11 is 0. The molecule has 0 fully saturated rings. The number of aryl methyl sites for hydroxylation is 3. The maximum absolute atomic E-state index is 5.79. The smallest absolute Gasteiger partial charge is 0.147 e. The number of anilines is 1. The van der Waals surface area contributed by atoms with Crippen LogP contribution in [0.25, 0.3) is 11.3 Å². The van der Waals surface area contributed by atoms with Crippen molar-refractivity contribution in [1.29, 1.82) is 0 Å². The quantitative estimate of drug-likeness (QED) is 0.773. The summed E-state index contributed by atoms with van der Waals surface area (Å²) in [5.41, 5.74) is 11.8. The van der Waals surface area contributed by atoms with Crippen LogP contribution in [0.1, 0.15) is 16.7 Å². The van der Waals surface area contributed by atoms with Crippen molar-refractivity contribution < 1.29 is 4.52 Å². The van der Waals surface area contributed by atoms with Gasteiger partial charge in [-0.15, -0.1) is 0 Å². The molecule has 2 N–H and O–H groups in total. The normalized spacial score (nSPS) is 10.6. The first-order valence-electron chi connectivity index (χ1n) is 4.87. The molecule has 3 heteroatoms. The van der Waals surface area contributed by atoms with Crippen LogP contribution in [0.3, 0.4) is 0 Å². The molecule has 0 amide bonds. The summed E-state index contributed by atoms with van der Waals surface area (Å²) in [5.74, 6) is 0. The maximum Gasteiger partial charge on any atom is 0.147 e. The summed E-state index contributed by atoms with van der Waals surface area (Å²) in [7, 11) is 0. The minimum atomic E-state index is 0.588. The molecule has 0 spiro atoms. The molecule has 0 saturated carbocycles. The van der Waals surface area contributed by atoms with Crippen LogP contribution in [0.5, 0.6) is 0 Å². The van der Waals surface area contributed by atoms with Crippen LogP contribution in [-0.4, -0.2) is 5.16 Å². The van der Waals surface area contributed by atoms with Crippen molar-refractivity contribution in [3.8, 4) is 11.3 Å². The standard InChI is InChI=1S/C12H14N2O/c1-7-4-8(2)11(9(3)5-7)12-10(13)6-15-14-12/h4-6H,13H2,1-3H3. The Hall–Kier alpha value is -1.77. The SMILES string of the molecule is Cc1cc(C)c(-c2nocc2N)c(C)c1. The lowest BCUT2D eigenvalue weighted by molar-refractivity contribution is 0.422. The average Bonchev–Trinajstić information content (AvgIpc) is 2.50. The summed E-state index contributed by atoms with van der Waals surface area (Å²) < 4.78 is 4.86. The predicted molar refractivity (Wildman–Crippen MR) is 60.6 cm³/mol. The van der Waals surface area contributed by atoms with Gasteiger partial charge in [-0.3, -0.25) is 0 Å². The van der Waals surface area contributed by atoms with E-state index in [2.05, 4.69) is 38.1 Å². The highest BCUT2D eigenvalue weighted by Gasteiger charge is 2.12. The van der Waals surface area contributed by atoms with Gasteiger partial charge in [-0.05, 0) is 31.9 Å². The first kappa shape index (κ1) is 9.77. The molecule has 0 unspecified atom stereocenters. The highest BCUT2D eigenvalue weighted by atomic mass is 16.5. The number of rotatable bonds is 1. The Morgan fingerprint density at radius 2 is 1.73 bits per heavy atom. The van der Waals surface area contributed by atoms with Crippen LogP contribution in [0, 0.1) is 20.8 Å². The van der Waals surface area contributed by atoms with Crippen LogP contribution in [0.4, 0.5) is 5.69 Å². The number of hydrogen-bond donors (Lipinski definition) is 1. The number of aromatic nitrogens is 1. The molecular formula is C12H14N2O. The van der Waals surface area contributed by atoms with Crippen molar-refractivity contribution in [2.45, 2.75) is 20.8 Å². The molecule has 2 rings (SSSR count). The molecule has 0 aliphatic heterocycles. The lowest BCUT2D eigenvalue weighted by Gasteiger charge is -2.08. The van der Waals surface area contributed by atoms with E-state index in [1.807, 2.05) is 0 Å². The van der Waals surface area contributed by atoms with E-state index in [1.54, 1.807) is 0 Å². The Morgan fingerprint density at radius 1 is 1.13 bits per heavy atom. The average molecular weight is 202 g/mol. The van der Waals surface area contributed by atoms with Gasteiger partial charge in [-0.1, -0.05) is 22.9 Å². The lowest BCUT2D eigenvalue weighted by Crippen LogP contribution is -1.93. The fraction of sp³-hybridized carbons (Fsp3) is 0.250. The first-order valence-corrected chi connectivity index (χ1v) is 4.87. The second-order valence-corrected chi connectivity index (χ2v) is 3.89. The van der Waals surface area contributed by atoms with E-state index < -0.39 is 0 Å². The van der Waals surface area contributed by atoms with Gasteiger partial charge in [-0.2, -0.15) is 0 Å². The summed E-state index contributed by atoms with van der Waals surface area (Å²) in [6.07, 6.45) is 1.47. The number of benzene rings is 1. The number of nitrogens with zero attached hydrogens (tertiary/aromatic N) is 1. The molecule has 78 valence electrons. The molecule has 0 saturated heterocycles. The van der Waals surface area contributed by atoms with Crippen molar-refractivity contribution in [2.24, 2.45) is 0 Å². The molecule has 1 aromatic heterocycles. The minimum absolute atomic E-state index is 0.588. The molecule has 15 heavy (non-hydrogen) atoms. The fourth-order valence-corrected chi connectivity index (χ4v) is 1.99. The van der Waals surface area contributed by atoms with Crippen molar-refractivity contribution in [3.63, 3.8) is 0 Å². The van der Waals surface area contributed by atoms with Gasteiger partial charge in [0.1, 0.15) is 17.6 Å². The molecule has 0 atom stereocenters. The van der Waals surface area contributed by atoms with Gasteiger partial charge in [0, 0.05) is 5.56 Å². The number of nitrogen functional groups attached to an aromatic ring is 1. The Kier molecular flexibility index (Phi) is 2.23. The van der Waals surface area contributed by atoms with E-state index in [-0.39, 0.29) is 0 Å². The van der Waals surface area contributed by atoms with E-state index in [4.69, 9.17) is 10.3 Å². The molecular weight excluding hydrogens is 188 g/mol. The van der Waals surface area contributed by atoms with Crippen LogP contribution < -0.4 is 5.73 Å². The third-order valence-electron chi connectivity index (χ3n) is 2.51. The largest absolute Gasteiger partial charge is 0.394 e. The third-order valence-corrected chi connectivity index (χ3v) is 2.51. The highest BCUT2D eigenvalue weighted by molar-refractivity contribution is 5.76. The number of nitrogens with two attached hydrogens (primary N) is 1. The number of hydrogen-bond acceptors (Lipinski definition) is 3. The summed E-state index contributed by atoms with van der Waals surface area (Å²) in [6, 6.07) is 4.24. The van der Waals surface area contributed by atoms with Gasteiger partial charge in [0.25, 0.3) is 0 Å². The van der Waals surface area contributed by atoms with Crippen LogP contribution in [0.15, 0.2) is 22.9 Å². The molecule has 2 aromatic rings. The van der Waals surface area contributed by atoms with Gasteiger partial charge in [0.05, 0.1) is 0 Å². The van der Waals surface area contributed by atoms with Crippen LogP contribution in [-0.2, 0) is 0 Å². The second-order valence-electron chi connectivity index (χ2n) is 3.89. The Morgan fingerprint density at radius 3 is 2.20 bits per heavy atom. The van der Waals surface area contributed by atoms with Gasteiger partial charge < -0.3 is 10.3 Å². The summed E-state index contributed by atoms with van der Waals surface area (Å²) in [5, 5.41) is 3.94. The summed E-state index contributed by atoms with van der Waals surface area (Å²) in [6.45, 7) is 6.20. The second kappa shape index (κ2) is 3.42. The van der Waals surface area contributed by atoms with Gasteiger partial charge in [-0.25, -0.2) is 0 Å². The van der Waals surface area contributed by atoms with E-state index in [0.29, 0.717) is 5.69 Å². The van der Waals surface area contributed by atoms with Crippen molar-refractivity contribution in [2.75, 3.05) is 5.73 Å². The molecule has 0 radical (unpaired) electrons. The summed E-state index contributed by atoms with van der Waals surface area (Å²) in [4.78, 5) is 0. The first-order chi connectivity index (χ1) is 7.09. The fourth-order valence-electron chi connectivity index (χ4n) is 1.99. The van der Waals surface area contributed by atoms with Gasteiger partial charge >= 0.3 is 0 Å². The molecule has 0 bridgehead atoms. The van der Waals surface area contributed by atoms with Gasteiger partial charge in [0.2, 0.25) is 0 Å². The van der Waals surface area contributed by atoms with Crippen molar-refractivity contribution >= 4 is 5.69 Å². The predicted octanol–water partition coefficient (Wildman–Crippen LogP) is 2.85. The molecule has 1 heterocycles. The lowest BCUT2D eigenvalue weighted by atomic mass is 9.97. The van der Waals surface area contributed by atoms with Crippen molar-refractivity contribution in [1.82, 2.24) is 5.16 Å². The van der Waals surface area contributed by atoms with E-state index in [9.17, 15) is 0 Å². The molecule has 0 aliphatic rings. The Bertz CT molecular complexity index is 477. The topological polar surface area (TPSA) is 52.0 Å². The van der Waals surface area contributed by atoms with Crippen LogP contribution in [0.2, 0.25) is 0 Å². The van der Waals surface area contributed by atoms with E-state index >= 15 is 0 Å². The Balaban J connectivity index is 2.68. The third kappa shape index (κ3) is 1.61.